The Morgan fingerprint density at radius 3 is 2.47 bits per heavy atom. The first-order chi connectivity index (χ1) is 8.36. The molecule has 3 nitrogen and oxygen atoms in total. The lowest BCUT2D eigenvalue weighted by molar-refractivity contribution is -0.00525. The molecule has 3 aliphatic heterocycles. The van der Waals surface area contributed by atoms with Gasteiger partial charge in [-0.2, -0.15) is 0 Å². The minimum absolute atomic E-state index is 0.755. The lowest BCUT2D eigenvalue weighted by atomic mass is 9.95. The van der Waals surface area contributed by atoms with Crippen LogP contribution in [0.2, 0.25) is 0 Å². The molecule has 0 aromatic rings. The largest absolute Gasteiger partial charge is 0.312 e. The molecule has 1 aliphatic carbocycles. The standard InChI is InChI=1S/C14H27N3/c1-2-5-15-13(10-12-3-4-12)14-11-16-6-8-17(14)9-7-16/h12-15H,2-11H2,1H3. The van der Waals surface area contributed by atoms with Gasteiger partial charge in [-0.15, -0.1) is 0 Å². The van der Waals surface area contributed by atoms with E-state index in [0.717, 1.165) is 18.0 Å². The van der Waals surface area contributed by atoms with Gasteiger partial charge in [0.2, 0.25) is 0 Å². The monoisotopic (exact) mass is 237 g/mol. The summed E-state index contributed by atoms with van der Waals surface area (Å²) in [5, 5.41) is 3.83. The minimum atomic E-state index is 0.755. The Kier molecular flexibility index (Phi) is 3.69. The summed E-state index contributed by atoms with van der Waals surface area (Å²) in [7, 11) is 0. The molecule has 4 aliphatic rings. The Balaban J connectivity index is 1.60. The van der Waals surface area contributed by atoms with Crippen LogP contribution in [-0.2, 0) is 0 Å². The third-order valence-corrected chi connectivity index (χ3v) is 4.73. The van der Waals surface area contributed by atoms with Gasteiger partial charge in [-0.05, 0) is 25.3 Å². The molecule has 98 valence electrons. The highest BCUT2D eigenvalue weighted by Crippen LogP contribution is 2.35. The molecule has 0 aromatic heterocycles. The van der Waals surface area contributed by atoms with Gasteiger partial charge < -0.3 is 5.32 Å². The van der Waals surface area contributed by atoms with Crippen molar-refractivity contribution in [2.75, 3.05) is 39.3 Å². The maximum atomic E-state index is 3.83. The third-order valence-electron chi connectivity index (χ3n) is 4.73. The maximum absolute atomic E-state index is 3.83. The van der Waals surface area contributed by atoms with E-state index in [-0.39, 0.29) is 0 Å². The maximum Gasteiger partial charge on any atom is 0.0377 e. The summed E-state index contributed by atoms with van der Waals surface area (Å²) in [6.07, 6.45) is 5.66. The van der Waals surface area contributed by atoms with Crippen molar-refractivity contribution < 1.29 is 0 Å². The van der Waals surface area contributed by atoms with Gasteiger partial charge in [-0.25, -0.2) is 0 Å². The van der Waals surface area contributed by atoms with Crippen LogP contribution < -0.4 is 5.32 Å². The number of piperazine rings is 3. The van der Waals surface area contributed by atoms with E-state index in [1.807, 2.05) is 0 Å². The van der Waals surface area contributed by atoms with E-state index in [4.69, 9.17) is 0 Å². The van der Waals surface area contributed by atoms with E-state index >= 15 is 0 Å². The molecule has 0 amide bonds. The van der Waals surface area contributed by atoms with Gasteiger partial charge in [0.1, 0.15) is 0 Å². The normalized spacial score (nSPS) is 38.3. The van der Waals surface area contributed by atoms with Gasteiger partial charge in [0, 0.05) is 44.8 Å². The third kappa shape index (κ3) is 2.83. The number of nitrogens with one attached hydrogen (secondary N) is 1. The average molecular weight is 237 g/mol. The van der Waals surface area contributed by atoms with Gasteiger partial charge in [0.15, 0.2) is 0 Å². The van der Waals surface area contributed by atoms with Crippen LogP contribution in [0.25, 0.3) is 0 Å². The zero-order valence-corrected chi connectivity index (χ0v) is 11.2. The molecule has 1 saturated carbocycles. The van der Waals surface area contributed by atoms with Crippen molar-refractivity contribution in [2.45, 2.75) is 44.7 Å². The zero-order chi connectivity index (χ0) is 11.7. The Hall–Kier alpha value is -0.120. The summed E-state index contributed by atoms with van der Waals surface area (Å²) in [6, 6.07) is 1.55. The molecule has 4 fully saturated rings. The summed E-state index contributed by atoms with van der Waals surface area (Å²) in [5.74, 6) is 1.04. The molecule has 1 N–H and O–H groups in total. The van der Waals surface area contributed by atoms with Gasteiger partial charge in [0.05, 0.1) is 0 Å². The molecule has 3 saturated heterocycles. The highest BCUT2D eigenvalue weighted by Gasteiger charge is 2.38. The smallest absolute Gasteiger partial charge is 0.0377 e. The van der Waals surface area contributed by atoms with Crippen molar-refractivity contribution in [1.82, 2.24) is 15.1 Å². The van der Waals surface area contributed by atoms with Crippen molar-refractivity contribution in [3.05, 3.63) is 0 Å². The Morgan fingerprint density at radius 1 is 1.18 bits per heavy atom. The predicted molar refractivity (Wildman–Crippen MR) is 71.2 cm³/mol. The van der Waals surface area contributed by atoms with E-state index in [9.17, 15) is 0 Å². The fourth-order valence-electron chi connectivity index (χ4n) is 3.46. The predicted octanol–water partition coefficient (Wildman–Crippen LogP) is 1.15. The van der Waals surface area contributed by atoms with Gasteiger partial charge in [0.25, 0.3) is 0 Å². The molecule has 3 heterocycles. The van der Waals surface area contributed by atoms with Gasteiger partial charge >= 0.3 is 0 Å². The highest BCUT2D eigenvalue weighted by molar-refractivity contribution is 4.96. The quantitative estimate of drug-likeness (QED) is 0.748. The molecule has 0 aromatic carbocycles. The topological polar surface area (TPSA) is 18.5 Å². The van der Waals surface area contributed by atoms with Gasteiger partial charge in [-0.3, -0.25) is 9.80 Å². The number of nitrogens with zero attached hydrogens (tertiary/aromatic N) is 2. The van der Waals surface area contributed by atoms with Crippen molar-refractivity contribution in [2.24, 2.45) is 5.92 Å². The molecule has 17 heavy (non-hydrogen) atoms. The second-order valence-corrected chi connectivity index (χ2v) is 6.14. The van der Waals surface area contributed by atoms with Crippen LogP contribution in [0.15, 0.2) is 0 Å². The fraction of sp³-hybridized carbons (Fsp3) is 1.00. The first-order valence-corrected chi connectivity index (χ1v) is 7.56. The fourth-order valence-corrected chi connectivity index (χ4v) is 3.46. The van der Waals surface area contributed by atoms with Gasteiger partial charge in [-0.1, -0.05) is 19.8 Å². The average Bonchev–Trinajstić information content (AvgIpc) is 3.20. The molecular weight excluding hydrogens is 210 g/mol. The van der Waals surface area contributed by atoms with E-state index in [1.165, 1.54) is 65.0 Å². The molecule has 2 bridgehead atoms. The van der Waals surface area contributed by atoms with Crippen molar-refractivity contribution in [3.63, 3.8) is 0 Å². The number of fused-ring (bicyclic) bond motifs is 3. The molecule has 4 rings (SSSR count). The van der Waals surface area contributed by atoms with E-state index in [2.05, 4.69) is 22.0 Å². The van der Waals surface area contributed by atoms with E-state index < -0.39 is 0 Å². The van der Waals surface area contributed by atoms with Crippen molar-refractivity contribution in [1.29, 1.82) is 0 Å². The number of hydrogen-bond acceptors (Lipinski definition) is 3. The van der Waals surface area contributed by atoms with Crippen LogP contribution >= 0.6 is 0 Å². The summed E-state index contributed by atoms with van der Waals surface area (Å²) >= 11 is 0. The Morgan fingerprint density at radius 2 is 1.94 bits per heavy atom. The van der Waals surface area contributed by atoms with E-state index in [1.54, 1.807) is 0 Å². The molecule has 0 spiro atoms. The second-order valence-electron chi connectivity index (χ2n) is 6.14. The first kappa shape index (κ1) is 11.9. The summed E-state index contributed by atoms with van der Waals surface area (Å²) in [6.45, 7) is 10.0. The molecular formula is C14H27N3. The number of rotatable bonds is 6. The second kappa shape index (κ2) is 5.25. The Bertz CT molecular complexity index is 244. The van der Waals surface area contributed by atoms with Crippen molar-refractivity contribution in [3.8, 4) is 0 Å². The zero-order valence-electron chi connectivity index (χ0n) is 11.2. The first-order valence-electron chi connectivity index (χ1n) is 7.56. The Labute approximate surface area is 106 Å². The highest BCUT2D eigenvalue weighted by atomic mass is 15.4. The van der Waals surface area contributed by atoms with E-state index in [0.29, 0.717) is 0 Å². The van der Waals surface area contributed by atoms with Crippen LogP contribution in [0.4, 0.5) is 0 Å². The summed E-state index contributed by atoms with van der Waals surface area (Å²) < 4.78 is 0. The van der Waals surface area contributed by atoms with Crippen LogP contribution in [-0.4, -0.2) is 61.2 Å². The molecule has 0 radical (unpaired) electrons. The van der Waals surface area contributed by atoms with Crippen LogP contribution in [0, 0.1) is 5.92 Å². The summed E-state index contributed by atoms with van der Waals surface area (Å²) in [5.41, 5.74) is 0. The van der Waals surface area contributed by atoms with Crippen LogP contribution in [0.5, 0.6) is 0 Å². The lowest BCUT2D eigenvalue weighted by Gasteiger charge is -2.50. The van der Waals surface area contributed by atoms with Crippen molar-refractivity contribution >= 4 is 0 Å². The van der Waals surface area contributed by atoms with Crippen LogP contribution in [0.3, 0.4) is 0 Å². The molecule has 2 unspecified atom stereocenters. The molecule has 2 atom stereocenters. The SMILES string of the molecule is CCCNC(CC1CC1)C1CN2CCN1CC2. The summed E-state index contributed by atoms with van der Waals surface area (Å²) in [4.78, 5) is 5.41. The minimum Gasteiger partial charge on any atom is -0.312 e. The number of hydrogen-bond donors (Lipinski definition) is 1. The lowest BCUT2D eigenvalue weighted by Crippen LogP contribution is -2.66. The van der Waals surface area contributed by atoms with Crippen LogP contribution in [0.1, 0.15) is 32.6 Å². The molecule has 3 heteroatoms.